The third-order valence-corrected chi connectivity index (χ3v) is 4.44. The Hall–Kier alpha value is -2.82. The monoisotopic (exact) mass is 355 g/mol. The van der Waals surface area contributed by atoms with E-state index in [0.29, 0.717) is 5.56 Å². The number of nitrogens with zero attached hydrogens (tertiary/aromatic N) is 1. The zero-order chi connectivity index (χ0) is 19.6. The van der Waals surface area contributed by atoms with Crippen LogP contribution in [0.25, 0.3) is 22.0 Å². The summed E-state index contributed by atoms with van der Waals surface area (Å²) in [5.74, 6) is -1.22. The minimum atomic E-state index is -0.620. The molecule has 0 amide bonds. The lowest BCUT2D eigenvalue weighted by Crippen LogP contribution is -2.14. The number of methoxy groups -OCH3 is 2. The summed E-state index contributed by atoms with van der Waals surface area (Å²) in [5, 5.41) is 0.843. The van der Waals surface area contributed by atoms with Gasteiger partial charge in [-0.05, 0) is 17.1 Å². The number of carbonyl (C=O) groups excluding carboxylic acids is 2. The van der Waals surface area contributed by atoms with Gasteiger partial charge in [-0.25, -0.2) is 9.59 Å². The van der Waals surface area contributed by atoms with Crippen LogP contribution in [0.15, 0.2) is 36.9 Å². The van der Waals surface area contributed by atoms with Crippen LogP contribution in [-0.2, 0) is 26.1 Å². The van der Waals surface area contributed by atoms with E-state index in [1.807, 2.05) is 35.9 Å². The van der Waals surface area contributed by atoms with Crippen molar-refractivity contribution in [2.24, 2.45) is 12.5 Å². The summed E-state index contributed by atoms with van der Waals surface area (Å²) in [5.41, 5.74) is 3.12. The fourth-order valence-corrected chi connectivity index (χ4v) is 2.89. The van der Waals surface area contributed by atoms with Crippen LogP contribution >= 0.6 is 0 Å². The van der Waals surface area contributed by atoms with Gasteiger partial charge in [0.2, 0.25) is 0 Å². The van der Waals surface area contributed by atoms with Crippen molar-refractivity contribution in [1.29, 1.82) is 0 Å². The molecule has 1 aromatic heterocycles. The number of benzene rings is 1. The molecule has 0 fully saturated rings. The van der Waals surface area contributed by atoms with Crippen molar-refractivity contribution in [3.8, 4) is 0 Å². The molecule has 0 aliphatic rings. The first-order chi connectivity index (χ1) is 12.1. The summed E-state index contributed by atoms with van der Waals surface area (Å²) in [6, 6.07) is 7.70. The van der Waals surface area contributed by atoms with Gasteiger partial charge in [-0.3, -0.25) is 0 Å². The van der Waals surface area contributed by atoms with Crippen molar-refractivity contribution >= 4 is 34.0 Å². The standard InChI is InChI=1S/C21H25NO4/c1-13(21(2,3)4)19-18(14-10-8-9-11-16(14)22(19)5)15(20(24)26-7)12-17(23)25-6/h8-12H,1H2,2-7H3/b15-12+. The predicted octanol–water partition coefficient (Wildman–Crippen LogP) is 3.97. The Balaban J connectivity index is 2.95. The Morgan fingerprint density at radius 3 is 2.27 bits per heavy atom. The van der Waals surface area contributed by atoms with Gasteiger partial charge in [-0.1, -0.05) is 45.5 Å². The lowest BCUT2D eigenvalue weighted by atomic mass is 9.83. The number of rotatable bonds is 4. The van der Waals surface area contributed by atoms with Crippen LogP contribution in [0.2, 0.25) is 0 Å². The van der Waals surface area contributed by atoms with Gasteiger partial charge in [-0.15, -0.1) is 0 Å². The SMILES string of the molecule is C=C(c1c(/C(=C\C(=O)OC)C(=O)OC)c2ccccc2n1C)C(C)(C)C. The summed E-state index contributed by atoms with van der Waals surface area (Å²) in [6.07, 6.45) is 1.17. The average Bonchev–Trinajstić information content (AvgIpc) is 2.90. The molecule has 0 aliphatic carbocycles. The number of aryl methyl sites for hydroxylation is 1. The maximum absolute atomic E-state index is 12.5. The van der Waals surface area contributed by atoms with Crippen LogP contribution < -0.4 is 0 Å². The number of allylic oxidation sites excluding steroid dienone is 1. The van der Waals surface area contributed by atoms with Gasteiger partial charge in [0.25, 0.3) is 0 Å². The Morgan fingerprint density at radius 1 is 1.12 bits per heavy atom. The molecule has 0 radical (unpaired) electrons. The first-order valence-electron chi connectivity index (χ1n) is 8.29. The van der Waals surface area contributed by atoms with Gasteiger partial charge in [0.15, 0.2) is 0 Å². The second kappa shape index (κ2) is 7.20. The zero-order valence-electron chi connectivity index (χ0n) is 16.2. The van der Waals surface area contributed by atoms with Crippen molar-refractivity contribution in [2.45, 2.75) is 20.8 Å². The molecule has 0 atom stereocenters. The number of hydrogen-bond donors (Lipinski definition) is 0. The van der Waals surface area contributed by atoms with Crippen LogP contribution in [-0.4, -0.2) is 30.7 Å². The summed E-state index contributed by atoms with van der Waals surface area (Å²) >= 11 is 0. The van der Waals surface area contributed by atoms with Crippen molar-refractivity contribution in [2.75, 3.05) is 14.2 Å². The van der Waals surface area contributed by atoms with Crippen molar-refractivity contribution in [1.82, 2.24) is 4.57 Å². The number of carbonyl (C=O) groups is 2. The zero-order valence-corrected chi connectivity index (χ0v) is 16.2. The van der Waals surface area contributed by atoms with Crippen LogP contribution in [0.4, 0.5) is 0 Å². The van der Waals surface area contributed by atoms with Crippen molar-refractivity contribution < 1.29 is 19.1 Å². The van der Waals surface area contributed by atoms with Crippen molar-refractivity contribution in [3.05, 3.63) is 48.2 Å². The first-order valence-corrected chi connectivity index (χ1v) is 8.29. The summed E-state index contributed by atoms with van der Waals surface area (Å²) in [4.78, 5) is 24.4. The van der Waals surface area contributed by atoms with Gasteiger partial charge in [0, 0.05) is 29.6 Å². The van der Waals surface area contributed by atoms with E-state index >= 15 is 0 Å². The average molecular weight is 355 g/mol. The molecule has 5 heteroatoms. The van der Waals surface area contributed by atoms with E-state index < -0.39 is 11.9 Å². The molecule has 0 unspecified atom stereocenters. The molecule has 2 rings (SSSR count). The minimum absolute atomic E-state index is 0.150. The number of fused-ring (bicyclic) bond motifs is 1. The molecular weight excluding hydrogens is 330 g/mol. The number of hydrogen-bond acceptors (Lipinski definition) is 4. The molecule has 0 saturated heterocycles. The van der Waals surface area contributed by atoms with E-state index in [1.165, 1.54) is 20.3 Å². The Kier molecular flexibility index (Phi) is 5.40. The van der Waals surface area contributed by atoms with Gasteiger partial charge in [0.1, 0.15) is 0 Å². The van der Waals surface area contributed by atoms with Gasteiger partial charge < -0.3 is 14.0 Å². The fourth-order valence-electron chi connectivity index (χ4n) is 2.89. The van der Waals surface area contributed by atoms with Crippen molar-refractivity contribution in [3.63, 3.8) is 0 Å². The molecule has 1 heterocycles. The number of aromatic nitrogens is 1. The molecule has 0 N–H and O–H groups in total. The fraction of sp³-hybridized carbons (Fsp3) is 0.333. The van der Waals surface area contributed by atoms with Gasteiger partial charge in [0.05, 0.1) is 25.5 Å². The maximum Gasteiger partial charge on any atom is 0.338 e. The van der Waals surface area contributed by atoms with E-state index in [0.717, 1.165) is 22.2 Å². The first kappa shape index (κ1) is 19.5. The molecule has 0 aliphatic heterocycles. The topological polar surface area (TPSA) is 57.5 Å². The Labute approximate surface area is 153 Å². The lowest BCUT2D eigenvalue weighted by Gasteiger charge is -2.24. The van der Waals surface area contributed by atoms with Crippen LogP contribution in [0.1, 0.15) is 32.0 Å². The van der Waals surface area contributed by atoms with Crippen LogP contribution in [0.3, 0.4) is 0 Å². The second-order valence-corrected chi connectivity index (χ2v) is 7.10. The quantitative estimate of drug-likeness (QED) is 0.615. The normalized spacial score (nSPS) is 12.2. The second-order valence-electron chi connectivity index (χ2n) is 7.10. The largest absolute Gasteiger partial charge is 0.466 e. The third-order valence-electron chi connectivity index (χ3n) is 4.44. The molecule has 0 bridgehead atoms. The lowest BCUT2D eigenvalue weighted by molar-refractivity contribution is -0.136. The molecule has 5 nitrogen and oxygen atoms in total. The number of para-hydroxylation sites is 1. The highest BCUT2D eigenvalue weighted by atomic mass is 16.5. The third kappa shape index (κ3) is 3.43. The highest BCUT2D eigenvalue weighted by molar-refractivity contribution is 6.25. The van der Waals surface area contributed by atoms with Crippen LogP contribution in [0.5, 0.6) is 0 Å². The highest BCUT2D eigenvalue weighted by Crippen LogP contribution is 2.41. The number of ether oxygens (including phenoxy) is 2. The van der Waals surface area contributed by atoms with E-state index in [1.54, 1.807) is 0 Å². The summed E-state index contributed by atoms with van der Waals surface area (Å²) in [7, 11) is 4.48. The minimum Gasteiger partial charge on any atom is -0.466 e. The molecular formula is C21H25NO4. The van der Waals surface area contributed by atoms with E-state index in [-0.39, 0.29) is 11.0 Å². The predicted molar refractivity (Wildman–Crippen MR) is 103 cm³/mol. The van der Waals surface area contributed by atoms with E-state index in [9.17, 15) is 9.59 Å². The van der Waals surface area contributed by atoms with Gasteiger partial charge in [-0.2, -0.15) is 0 Å². The molecule has 0 spiro atoms. The molecule has 138 valence electrons. The Morgan fingerprint density at radius 2 is 1.73 bits per heavy atom. The maximum atomic E-state index is 12.5. The van der Waals surface area contributed by atoms with Crippen LogP contribution in [0, 0.1) is 5.41 Å². The molecule has 2 aromatic rings. The highest BCUT2D eigenvalue weighted by Gasteiger charge is 2.29. The summed E-state index contributed by atoms with van der Waals surface area (Å²) in [6.45, 7) is 10.4. The molecule has 26 heavy (non-hydrogen) atoms. The van der Waals surface area contributed by atoms with E-state index in [2.05, 4.69) is 27.4 Å². The smallest absolute Gasteiger partial charge is 0.338 e. The Bertz CT molecular complexity index is 910. The van der Waals surface area contributed by atoms with E-state index in [4.69, 9.17) is 9.47 Å². The molecule has 1 aromatic carbocycles. The molecule has 0 saturated carbocycles. The summed E-state index contributed by atoms with van der Waals surface area (Å²) < 4.78 is 11.7. The van der Waals surface area contributed by atoms with Gasteiger partial charge >= 0.3 is 11.9 Å². The number of esters is 2.